The summed E-state index contributed by atoms with van der Waals surface area (Å²) in [5.74, 6) is 0.334. The molecule has 1 N–H and O–H groups in total. The van der Waals surface area contributed by atoms with Gasteiger partial charge >= 0.3 is 0 Å². The van der Waals surface area contributed by atoms with Crippen LogP contribution in [0.15, 0.2) is 54.6 Å². The molecule has 24 heavy (non-hydrogen) atoms. The number of halogens is 2. The molecule has 0 heterocycles. The lowest BCUT2D eigenvalue weighted by Gasteiger charge is -2.20. The molecule has 2 rings (SSSR count). The Morgan fingerprint density at radius 2 is 1.83 bits per heavy atom. The Labute approximate surface area is 153 Å². The number of hydrogen-bond acceptors (Lipinski definition) is 1. The van der Waals surface area contributed by atoms with Gasteiger partial charge in [-0.3, -0.25) is 4.79 Å². The molecule has 4 heteroatoms. The van der Waals surface area contributed by atoms with Crippen LogP contribution in [0.1, 0.15) is 37.4 Å². The average Bonchev–Trinajstić information content (AvgIpc) is 2.54. The normalized spacial score (nSPS) is 12.5. The summed E-state index contributed by atoms with van der Waals surface area (Å²) >= 11 is 12.0. The Morgan fingerprint density at radius 1 is 1.12 bits per heavy atom. The van der Waals surface area contributed by atoms with Gasteiger partial charge in [0.2, 0.25) is 5.91 Å². The van der Waals surface area contributed by atoms with Crippen LogP contribution in [0.5, 0.6) is 0 Å². The number of carbonyl (C=O) groups is 1. The van der Waals surface area contributed by atoms with E-state index in [1.165, 1.54) is 6.08 Å². The third-order valence-electron chi connectivity index (χ3n) is 3.60. The van der Waals surface area contributed by atoms with Crippen LogP contribution >= 0.6 is 23.2 Å². The first-order valence-corrected chi connectivity index (χ1v) is 8.70. The smallest absolute Gasteiger partial charge is 0.244 e. The highest BCUT2D eigenvalue weighted by atomic mass is 35.5. The molecule has 0 saturated heterocycles. The Bertz CT molecular complexity index is 711. The zero-order valence-corrected chi connectivity index (χ0v) is 15.3. The van der Waals surface area contributed by atoms with Crippen LogP contribution in [0.2, 0.25) is 10.0 Å². The molecule has 0 fully saturated rings. The fourth-order valence-electron chi connectivity index (χ4n) is 2.46. The molecule has 0 radical (unpaired) electrons. The molecular formula is C20H21Cl2NO. The minimum absolute atomic E-state index is 0.0101. The van der Waals surface area contributed by atoms with Gasteiger partial charge in [-0.1, -0.05) is 73.4 Å². The third-order valence-corrected chi connectivity index (χ3v) is 4.16. The summed E-state index contributed by atoms with van der Waals surface area (Å²) in [5, 5.41) is 4.16. The molecular weight excluding hydrogens is 341 g/mol. The van der Waals surface area contributed by atoms with Gasteiger partial charge < -0.3 is 5.32 Å². The number of hydrogen-bond donors (Lipinski definition) is 1. The summed E-state index contributed by atoms with van der Waals surface area (Å²) in [6.07, 6.45) is 4.09. The molecule has 2 aromatic rings. The minimum Gasteiger partial charge on any atom is -0.346 e. The van der Waals surface area contributed by atoms with Crippen molar-refractivity contribution in [3.05, 3.63) is 75.8 Å². The molecule has 0 bridgehead atoms. The van der Waals surface area contributed by atoms with Gasteiger partial charge in [0.05, 0.1) is 6.04 Å². The van der Waals surface area contributed by atoms with E-state index in [4.69, 9.17) is 23.2 Å². The molecule has 2 nitrogen and oxygen atoms in total. The molecule has 2 aromatic carbocycles. The first-order chi connectivity index (χ1) is 11.5. The zero-order chi connectivity index (χ0) is 17.5. The van der Waals surface area contributed by atoms with Gasteiger partial charge in [-0.2, -0.15) is 0 Å². The van der Waals surface area contributed by atoms with Crippen molar-refractivity contribution in [2.24, 2.45) is 5.92 Å². The molecule has 0 aromatic heterocycles. The SMILES string of the molecule is CC(C)C[C@@H](NC(=O)/C=C/c1ccc(Cl)cc1Cl)c1ccccc1. The van der Waals surface area contributed by atoms with Crippen molar-refractivity contribution in [1.29, 1.82) is 0 Å². The second-order valence-electron chi connectivity index (χ2n) is 6.10. The van der Waals surface area contributed by atoms with Crippen molar-refractivity contribution in [2.45, 2.75) is 26.3 Å². The van der Waals surface area contributed by atoms with Gasteiger partial charge in [0.1, 0.15) is 0 Å². The summed E-state index contributed by atoms with van der Waals surface area (Å²) in [7, 11) is 0. The minimum atomic E-state index is -0.143. The van der Waals surface area contributed by atoms with Crippen LogP contribution in [0.25, 0.3) is 6.08 Å². The van der Waals surface area contributed by atoms with Crippen LogP contribution in [0, 0.1) is 5.92 Å². The Kier molecular flexibility index (Phi) is 6.89. The maximum absolute atomic E-state index is 12.3. The van der Waals surface area contributed by atoms with E-state index in [1.807, 2.05) is 30.3 Å². The Balaban J connectivity index is 2.08. The van der Waals surface area contributed by atoms with Crippen LogP contribution in [-0.2, 0) is 4.79 Å². The molecule has 1 atom stereocenters. The van der Waals surface area contributed by atoms with E-state index >= 15 is 0 Å². The predicted molar refractivity (Wildman–Crippen MR) is 102 cm³/mol. The zero-order valence-electron chi connectivity index (χ0n) is 13.8. The number of benzene rings is 2. The lowest BCUT2D eigenvalue weighted by atomic mass is 9.97. The van der Waals surface area contributed by atoms with E-state index < -0.39 is 0 Å². The number of carbonyl (C=O) groups excluding carboxylic acids is 1. The monoisotopic (exact) mass is 361 g/mol. The molecule has 1 amide bonds. The second-order valence-corrected chi connectivity index (χ2v) is 6.94. The molecule has 0 aliphatic carbocycles. The second kappa shape index (κ2) is 8.91. The van der Waals surface area contributed by atoms with E-state index in [-0.39, 0.29) is 11.9 Å². The van der Waals surface area contributed by atoms with Crippen molar-refractivity contribution >= 4 is 35.2 Å². The predicted octanol–water partition coefficient (Wildman–Crippen LogP) is 5.91. The number of amides is 1. The Hall–Kier alpha value is -1.77. The summed E-state index contributed by atoms with van der Waals surface area (Å²) in [4.78, 5) is 12.3. The van der Waals surface area contributed by atoms with Crippen LogP contribution in [-0.4, -0.2) is 5.91 Å². The summed E-state index contributed by atoms with van der Waals surface area (Å²) < 4.78 is 0. The largest absolute Gasteiger partial charge is 0.346 e. The van der Waals surface area contributed by atoms with Crippen molar-refractivity contribution < 1.29 is 4.79 Å². The fraction of sp³-hybridized carbons (Fsp3) is 0.250. The van der Waals surface area contributed by atoms with Gasteiger partial charge in [0.15, 0.2) is 0 Å². The maximum Gasteiger partial charge on any atom is 0.244 e. The third kappa shape index (κ3) is 5.70. The maximum atomic E-state index is 12.3. The van der Waals surface area contributed by atoms with Crippen molar-refractivity contribution in [3.8, 4) is 0 Å². The number of rotatable bonds is 6. The van der Waals surface area contributed by atoms with E-state index in [9.17, 15) is 4.79 Å². The highest BCUT2D eigenvalue weighted by Gasteiger charge is 2.14. The molecule has 0 aliphatic heterocycles. The lowest BCUT2D eigenvalue weighted by Crippen LogP contribution is -2.27. The number of nitrogens with one attached hydrogen (secondary N) is 1. The van der Waals surface area contributed by atoms with Gasteiger partial charge in [-0.25, -0.2) is 0 Å². The van der Waals surface area contributed by atoms with E-state index in [0.717, 1.165) is 17.5 Å². The fourth-order valence-corrected chi connectivity index (χ4v) is 2.93. The summed E-state index contributed by atoms with van der Waals surface area (Å²) in [6.45, 7) is 4.29. The Morgan fingerprint density at radius 3 is 2.46 bits per heavy atom. The van der Waals surface area contributed by atoms with Crippen molar-refractivity contribution in [2.75, 3.05) is 0 Å². The van der Waals surface area contributed by atoms with Gasteiger partial charge in [-0.15, -0.1) is 0 Å². The van der Waals surface area contributed by atoms with Gasteiger partial charge in [0.25, 0.3) is 0 Å². The van der Waals surface area contributed by atoms with Crippen LogP contribution in [0.4, 0.5) is 0 Å². The van der Waals surface area contributed by atoms with Crippen molar-refractivity contribution in [3.63, 3.8) is 0 Å². The van der Waals surface area contributed by atoms with E-state index in [1.54, 1.807) is 24.3 Å². The van der Waals surface area contributed by atoms with E-state index in [2.05, 4.69) is 19.2 Å². The summed E-state index contributed by atoms with van der Waals surface area (Å²) in [6, 6.07) is 15.2. The quantitative estimate of drug-likeness (QED) is 0.636. The van der Waals surface area contributed by atoms with Crippen LogP contribution in [0.3, 0.4) is 0 Å². The average molecular weight is 362 g/mol. The molecule has 0 spiro atoms. The van der Waals surface area contributed by atoms with Gasteiger partial charge in [-0.05, 0) is 41.7 Å². The topological polar surface area (TPSA) is 29.1 Å². The molecule has 0 saturated carbocycles. The van der Waals surface area contributed by atoms with Crippen molar-refractivity contribution in [1.82, 2.24) is 5.32 Å². The molecule has 0 aliphatic rings. The first-order valence-electron chi connectivity index (χ1n) is 7.94. The highest BCUT2D eigenvalue weighted by Crippen LogP contribution is 2.23. The molecule has 0 unspecified atom stereocenters. The molecule has 126 valence electrons. The van der Waals surface area contributed by atoms with Crippen LogP contribution < -0.4 is 5.32 Å². The van der Waals surface area contributed by atoms with Gasteiger partial charge in [0, 0.05) is 16.1 Å². The van der Waals surface area contributed by atoms with E-state index in [0.29, 0.717) is 16.0 Å². The standard InChI is InChI=1S/C20H21Cl2NO/c1-14(2)12-19(16-6-4-3-5-7-16)23-20(24)11-9-15-8-10-17(21)13-18(15)22/h3-11,13-14,19H,12H2,1-2H3,(H,23,24)/b11-9+/t19-/m1/s1. The summed E-state index contributed by atoms with van der Waals surface area (Å²) in [5.41, 5.74) is 1.87. The highest BCUT2D eigenvalue weighted by molar-refractivity contribution is 6.35. The lowest BCUT2D eigenvalue weighted by molar-refractivity contribution is -0.117. The first kappa shape index (κ1) is 18.6.